The third-order valence-electron chi connectivity index (χ3n) is 4.52. The molecule has 144 valence electrons. The Morgan fingerprint density at radius 1 is 1.21 bits per heavy atom. The fourth-order valence-electron chi connectivity index (χ4n) is 2.90. The minimum Gasteiger partial charge on any atom is -0.481 e. The van der Waals surface area contributed by atoms with Crippen LogP contribution in [0.3, 0.4) is 0 Å². The summed E-state index contributed by atoms with van der Waals surface area (Å²) in [5, 5.41) is 12.3. The summed E-state index contributed by atoms with van der Waals surface area (Å²) in [4.78, 5) is 22.7. The number of thiophene rings is 1. The predicted octanol–water partition coefficient (Wildman–Crippen LogP) is 5.23. The molecule has 0 amide bonds. The molecule has 2 aromatic heterocycles. The van der Waals surface area contributed by atoms with Crippen molar-refractivity contribution in [3.8, 4) is 10.7 Å². The molecule has 2 heterocycles. The zero-order valence-corrected chi connectivity index (χ0v) is 17.1. The quantitative estimate of drug-likeness (QED) is 0.538. The second kappa shape index (κ2) is 8.35. The number of carboxylic acids is 1. The van der Waals surface area contributed by atoms with E-state index in [2.05, 4.69) is 31.8 Å². The summed E-state index contributed by atoms with van der Waals surface area (Å²) in [6.07, 6.45) is 2.51. The predicted molar refractivity (Wildman–Crippen MR) is 115 cm³/mol. The Balaban J connectivity index is 1.97. The van der Waals surface area contributed by atoms with Crippen LogP contribution in [-0.4, -0.2) is 21.0 Å². The van der Waals surface area contributed by atoms with E-state index in [1.165, 1.54) is 10.4 Å². The van der Waals surface area contributed by atoms with Gasteiger partial charge in [-0.2, -0.15) is 0 Å². The highest BCUT2D eigenvalue weighted by Crippen LogP contribution is 2.31. The Kier molecular flexibility index (Phi) is 5.90. The monoisotopic (exact) mass is 393 g/mol. The zero-order chi connectivity index (χ0) is 20.3. The average Bonchev–Trinajstić information content (AvgIpc) is 2.98. The van der Waals surface area contributed by atoms with Crippen LogP contribution in [0.4, 0.5) is 11.5 Å². The normalized spacial score (nSPS) is 10.7. The molecule has 2 N–H and O–H groups in total. The average molecular weight is 394 g/mol. The van der Waals surface area contributed by atoms with Crippen molar-refractivity contribution in [1.29, 1.82) is 0 Å². The second-order valence-electron chi connectivity index (χ2n) is 6.69. The lowest BCUT2D eigenvalue weighted by atomic mass is 10.1. The van der Waals surface area contributed by atoms with Crippen LogP contribution in [0.15, 0.2) is 43.0 Å². The number of allylic oxidation sites excluding steroid dienone is 1. The minimum atomic E-state index is -0.841. The molecule has 0 radical (unpaired) electrons. The number of benzene rings is 1. The van der Waals surface area contributed by atoms with Crippen molar-refractivity contribution in [1.82, 2.24) is 9.97 Å². The van der Waals surface area contributed by atoms with E-state index in [9.17, 15) is 4.79 Å². The number of aromatic nitrogens is 2. The molecule has 3 rings (SSSR count). The number of aliphatic carboxylic acids is 1. The molecule has 3 aromatic rings. The lowest BCUT2D eigenvalue weighted by molar-refractivity contribution is -0.136. The largest absolute Gasteiger partial charge is 0.481 e. The molecule has 28 heavy (non-hydrogen) atoms. The molecule has 0 bridgehead atoms. The van der Waals surface area contributed by atoms with Crippen LogP contribution in [0.2, 0.25) is 0 Å². The van der Waals surface area contributed by atoms with E-state index in [0.29, 0.717) is 12.2 Å². The summed E-state index contributed by atoms with van der Waals surface area (Å²) >= 11 is 1.69. The molecule has 0 aliphatic carbocycles. The third-order valence-corrected chi connectivity index (χ3v) is 5.67. The van der Waals surface area contributed by atoms with Crippen molar-refractivity contribution in [3.63, 3.8) is 0 Å². The number of nitrogens with one attached hydrogen (secondary N) is 1. The first kappa shape index (κ1) is 19.8. The molecule has 0 unspecified atom stereocenters. The maximum Gasteiger partial charge on any atom is 0.307 e. The minimum absolute atomic E-state index is 0.00976. The number of carbonyl (C=O) groups is 1. The lowest BCUT2D eigenvalue weighted by Gasteiger charge is -2.14. The summed E-state index contributed by atoms with van der Waals surface area (Å²) in [7, 11) is 0. The molecule has 0 saturated carbocycles. The summed E-state index contributed by atoms with van der Waals surface area (Å²) < 4.78 is 0. The van der Waals surface area contributed by atoms with Crippen molar-refractivity contribution in [3.05, 3.63) is 70.2 Å². The van der Waals surface area contributed by atoms with Gasteiger partial charge in [0.2, 0.25) is 0 Å². The fourth-order valence-corrected chi connectivity index (χ4v) is 3.87. The van der Waals surface area contributed by atoms with Crippen molar-refractivity contribution < 1.29 is 9.90 Å². The van der Waals surface area contributed by atoms with E-state index < -0.39 is 5.97 Å². The van der Waals surface area contributed by atoms with E-state index in [-0.39, 0.29) is 6.42 Å². The second-order valence-corrected chi connectivity index (χ2v) is 7.95. The summed E-state index contributed by atoms with van der Waals surface area (Å²) in [6.45, 7) is 10.0. The Morgan fingerprint density at radius 2 is 1.93 bits per heavy atom. The topological polar surface area (TPSA) is 75.1 Å². The first-order valence-electron chi connectivity index (χ1n) is 9.01. The fraction of sp³-hybridized carbons (Fsp3) is 0.227. The highest BCUT2D eigenvalue weighted by Gasteiger charge is 2.14. The number of hydrogen-bond donors (Lipinski definition) is 2. The maximum atomic E-state index is 10.9. The van der Waals surface area contributed by atoms with Gasteiger partial charge in [0, 0.05) is 21.8 Å². The first-order chi connectivity index (χ1) is 13.4. The molecular weight excluding hydrogens is 370 g/mol. The summed E-state index contributed by atoms with van der Waals surface area (Å²) in [5.74, 6) is 0.611. The van der Waals surface area contributed by atoms with Crippen LogP contribution < -0.4 is 5.32 Å². The van der Waals surface area contributed by atoms with Gasteiger partial charge in [0.1, 0.15) is 5.82 Å². The van der Waals surface area contributed by atoms with E-state index in [0.717, 1.165) is 33.2 Å². The van der Waals surface area contributed by atoms with E-state index in [4.69, 9.17) is 15.1 Å². The van der Waals surface area contributed by atoms with Gasteiger partial charge in [-0.3, -0.25) is 4.79 Å². The third kappa shape index (κ3) is 4.46. The standard InChI is InChI=1S/C22H23N3O2S/c1-5-6-18-14(3)23-22(19-11-13(2)15(4)28-19)25-21(18)24-17-9-7-16(8-10-17)12-20(26)27/h5,7-11H,1,6,12H2,2-4H3,(H,26,27)(H,23,24,25). The number of hydrogen-bond acceptors (Lipinski definition) is 5. The zero-order valence-electron chi connectivity index (χ0n) is 16.2. The number of carboxylic acid groups (broad SMARTS) is 1. The molecule has 6 heteroatoms. The van der Waals surface area contributed by atoms with Crippen molar-refractivity contribution in [2.24, 2.45) is 0 Å². The van der Waals surface area contributed by atoms with Gasteiger partial charge in [-0.25, -0.2) is 9.97 Å². The Hall–Kier alpha value is -2.99. The lowest BCUT2D eigenvalue weighted by Crippen LogP contribution is -2.05. The van der Waals surface area contributed by atoms with Gasteiger partial charge >= 0.3 is 5.97 Å². The van der Waals surface area contributed by atoms with Crippen LogP contribution in [-0.2, 0) is 17.6 Å². The molecule has 0 spiro atoms. The van der Waals surface area contributed by atoms with Gasteiger partial charge in [0.15, 0.2) is 5.82 Å². The van der Waals surface area contributed by atoms with Gasteiger partial charge in [0.25, 0.3) is 0 Å². The molecule has 0 aliphatic rings. The van der Waals surface area contributed by atoms with Crippen LogP contribution in [0.5, 0.6) is 0 Å². The Labute approximate surface area is 168 Å². The smallest absolute Gasteiger partial charge is 0.307 e. The van der Waals surface area contributed by atoms with Crippen molar-refractivity contribution in [2.45, 2.75) is 33.6 Å². The van der Waals surface area contributed by atoms with E-state index >= 15 is 0 Å². The van der Waals surface area contributed by atoms with Crippen molar-refractivity contribution in [2.75, 3.05) is 5.32 Å². The Bertz CT molecular complexity index is 1000. The Morgan fingerprint density at radius 3 is 2.50 bits per heavy atom. The molecular formula is C22H23N3O2S. The van der Waals surface area contributed by atoms with Gasteiger partial charge in [-0.1, -0.05) is 18.2 Å². The number of anilines is 2. The van der Waals surface area contributed by atoms with Crippen LogP contribution in [0.25, 0.3) is 10.7 Å². The van der Waals surface area contributed by atoms with Gasteiger partial charge in [-0.15, -0.1) is 17.9 Å². The number of aryl methyl sites for hydroxylation is 3. The molecule has 0 aliphatic heterocycles. The van der Waals surface area contributed by atoms with Gasteiger partial charge < -0.3 is 10.4 Å². The summed E-state index contributed by atoms with van der Waals surface area (Å²) in [6, 6.07) is 9.47. The van der Waals surface area contributed by atoms with Crippen molar-refractivity contribution >= 4 is 28.8 Å². The first-order valence-corrected chi connectivity index (χ1v) is 9.82. The van der Waals surface area contributed by atoms with E-state index in [1.54, 1.807) is 11.3 Å². The summed E-state index contributed by atoms with van der Waals surface area (Å²) in [5.41, 5.74) is 4.76. The van der Waals surface area contributed by atoms with E-state index in [1.807, 2.05) is 37.3 Å². The van der Waals surface area contributed by atoms with Crippen LogP contribution in [0.1, 0.15) is 27.3 Å². The molecule has 0 atom stereocenters. The molecule has 0 fully saturated rings. The number of nitrogens with zero attached hydrogens (tertiary/aromatic N) is 2. The molecule has 1 aromatic carbocycles. The molecule has 0 saturated heterocycles. The highest BCUT2D eigenvalue weighted by atomic mass is 32.1. The van der Waals surface area contributed by atoms with Gasteiger partial charge in [0.05, 0.1) is 11.3 Å². The SMILES string of the molecule is C=CCc1c(C)nc(-c2cc(C)c(C)s2)nc1Nc1ccc(CC(=O)O)cc1. The van der Waals surface area contributed by atoms with Gasteiger partial charge in [-0.05, 0) is 56.5 Å². The van der Waals surface area contributed by atoms with Crippen LogP contribution >= 0.6 is 11.3 Å². The molecule has 5 nitrogen and oxygen atoms in total. The maximum absolute atomic E-state index is 10.9. The number of rotatable bonds is 7. The van der Waals surface area contributed by atoms with Crippen LogP contribution in [0, 0.1) is 20.8 Å². The highest BCUT2D eigenvalue weighted by molar-refractivity contribution is 7.15.